The van der Waals surface area contributed by atoms with Gasteiger partial charge < -0.3 is 40.3 Å². The van der Waals surface area contributed by atoms with E-state index in [2.05, 4.69) is 16.0 Å². The molecule has 3 amide bonds. The fraction of sp³-hybridized carbons (Fsp3) is 0.610. The van der Waals surface area contributed by atoms with E-state index >= 15 is 0 Å². The van der Waals surface area contributed by atoms with E-state index in [1.807, 2.05) is 95.3 Å². The monoisotopic (exact) mass is 754 g/mol. The largest absolute Gasteiger partial charge is 0.382 e. The lowest BCUT2D eigenvalue weighted by Gasteiger charge is -2.28. The molecule has 0 unspecified atom stereocenters. The molecule has 0 aromatic heterocycles. The molecule has 1 fully saturated rings. The number of methoxy groups -OCH3 is 1. The Morgan fingerprint density at radius 3 is 1.85 bits per heavy atom. The number of carbonyl (C=O) groups excluding carboxylic acids is 3. The summed E-state index contributed by atoms with van der Waals surface area (Å²) < 4.78 is 21.7. The van der Waals surface area contributed by atoms with Crippen molar-refractivity contribution in [2.24, 2.45) is 11.8 Å². The Morgan fingerprint density at radius 2 is 1.26 bits per heavy atom. The number of hydrogen-bond acceptors (Lipinski definition) is 9. The Hall–Kier alpha value is -3.29. The first kappa shape index (κ1) is 44.1. The minimum Gasteiger partial charge on any atom is -0.382 e. The molecule has 0 bridgehead atoms. The average Bonchev–Trinajstić information content (AvgIpc) is 3.89. The van der Waals surface area contributed by atoms with E-state index in [1.54, 1.807) is 7.11 Å². The molecule has 2 aromatic carbocycles. The summed E-state index contributed by atoms with van der Waals surface area (Å²) in [7, 11) is 1.63. The topological polar surface area (TPSA) is 151 Å². The maximum absolute atomic E-state index is 14.1. The number of hydrogen-bond donors (Lipinski definition) is 4. The summed E-state index contributed by atoms with van der Waals surface area (Å²) in [6, 6.07) is 17.2. The highest BCUT2D eigenvalue weighted by molar-refractivity contribution is 8.00. The molecule has 0 aliphatic carbocycles. The molecule has 2 aromatic rings. The molecule has 12 heteroatoms. The van der Waals surface area contributed by atoms with Gasteiger partial charge in [-0.3, -0.25) is 14.4 Å². The van der Waals surface area contributed by atoms with Crippen LogP contribution in [0.25, 0.3) is 0 Å². The maximum Gasteiger partial charge on any atom is 0.243 e. The van der Waals surface area contributed by atoms with Gasteiger partial charge in [-0.25, -0.2) is 0 Å². The van der Waals surface area contributed by atoms with Gasteiger partial charge in [-0.1, -0.05) is 88.4 Å². The van der Waals surface area contributed by atoms with Crippen LogP contribution in [0.15, 0.2) is 60.7 Å². The molecule has 0 saturated carbocycles. The first-order valence-electron chi connectivity index (χ1n) is 18.9. The van der Waals surface area contributed by atoms with Gasteiger partial charge in [0.2, 0.25) is 17.7 Å². The summed E-state index contributed by atoms with van der Waals surface area (Å²) in [5.41, 5.74) is 1.66. The highest BCUT2D eigenvalue weighted by Gasteiger charge is 2.47. The molecule has 11 nitrogen and oxygen atoms in total. The van der Waals surface area contributed by atoms with Crippen molar-refractivity contribution in [3.05, 3.63) is 71.8 Å². The summed E-state index contributed by atoms with van der Waals surface area (Å²) in [4.78, 5) is 42.1. The fourth-order valence-corrected chi connectivity index (χ4v) is 6.87. The first-order valence-corrected chi connectivity index (χ1v) is 19.9. The standard InChI is InChI=1S/C41H62N4O7S/c1-29(2)25-33(37(42)41(5)28-52-41)43-39(47)35(27-32-15-11-8-12-16-32)44-38(46)34(26-30(3)4)45-40(48)36(18-17-31-13-9-7-10-14-31)53-24-23-51-22-21-50-20-19-49-6/h7-16,29-30,33-36,42H,17-28H2,1-6H3,(H,43,47)(H,44,46)(H,45,48)/t33-,34-,35-,36-,41+/m0/s1. The molecule has 4 N–H and O–H groups in total. The second-order valence-electron chi connectivity index (χ2n) is 14.7. The van der Waals surface area contributed by atoms with Crippen LogP contribution in [0, 0.1) is 17.2 Å². The van der Waals surface area contributed by atoms with E-state index in [4.69, 9.17) is 24.4 Å². The van der Waals surface area contributed by atoms with E-state index in [-0.39, 0.29) is 30.1 Å². The number of benzene rings is 2. The normalized spacial score (nSPS) is 17.5. The summed E-state index contributed by atoms with van der Waals surface area (Å²) in [5.74, 6) is -0.104. The zero-order valence-electron chi connectivity index (χ0n) is 32.5. The lowest BCUT2D eigenvalue weighted by Crippen LogP contribution is -2.58. The van der Waals surface area contributed by atoms with Gasteiger partial charge >= 0.3 is 0 Å². The molecule has 0 spiro atoms. The number of aryl methyl sites for hydroxylation is 1. The Labute approximate surface area is 320 Å². The summed E-state index contributed by atoms with van der Waals surface area (Å²) in [6.45, 7) is 12.8. The van der Waals surface area contributed by atoms with Gasteiger partial charge in [-0.05, 0) is 55.6 Å². The van der Waals surface area contributed by atoms with Gasteiger partial charge in [0.1, 0.15) is 17.7 Å². The zero-order chi connectivity index (χ0) is 38.6. The Bertz CT molecular complexity index is 1390. The third-order valence-corrected chi connectivity index (χ3v) is 10.2. The second-order valence-corrected chi connectivity index (χ2v) is 16.0. The van der Waals surface area contributed by atoms with Crippen LogP contribution in [-0.2, 0) is 46.2 Å². The van der Waals surface area contributed by atoms with Crippen molar-refractivity contribution in [3.63, 3.8) is 0 Å². The SMILES string of the molecule is COCCOCCOCCS[C@@H](CCc1ccccc1)C(=O)N[C@@H](CC(C)C)C(=O)N[C@@H](Cc1ccccc1)C(=O)N[C@@H](CC(C)C)C(=N)[C@@]1(C)CO1. The van der Waals surface area contributed by atoms with Gasteiger partial charge in [0.05, 0.1) is 56.6 Å². The van der Waals surface area contributed by atoms with E-state index < -0.39 is 34.9 Å². The minimum absolute atomic E-state index is 0.0950. The molecule has 1 aliphatic rings. The van der Waals surface area contributed by atoms with Crippen molar-refractivity contribution in [1.29, 1.82) is 5.41 Å². The maximum atomic E-state index is 14.1. The van der Waals surface area contributed by atoms with Gasteiger partial charge in [0.25, 0.3) is 0 Å². The number of epoxide rings is 1. The fourth-order valence-electron chi connectivity index (χ4n) is 5.87. The van der Waals surface area contributed by atoms with Gasteiger partial charge in [-0.2, -0.15) is 0 Å². The molecule has 294 valence electrons. The number of ether oxygens (including phenoxy) is 4. The molecular weight excluding hydrogens is 693 g/mol. The van der Waals surface area contributed by atoms with Crippen LogP contribution >= 0.6 is 11.8 Å². The van der Waals surface area contributed by atoms with Gasteiger partial charge in [-0.15, -0.1) is 11.8 Å². The smallest absolute Gasteiger partial charge is 0.243 e. The van der Waals surface area contributed by atoms with Crippen molar-refractivity contribution < 1.29 is 33.3 Å². The number of amides is 3. The Balaban J connectivity index is 1.73. The molecule has 3 rings (SSSR count). The lowest BCUT2D eigenvalue weighted by molar-refractivity contribution is -0.132. The molecular formula is C41H62N4O7S. The number of nitrogens with one attached hydrogen (secondary N) is 4. The number of carbonyl (C=O) groups is 3. The van der Waals surface area contributed by atoms with Crippen LogP contribution in [0.1, 0.15) is 65.0 Å². The van der Waals surface area contributed by atoms with Crippen molar-refractivity contribution >= 4 is 35.2 Å². The summed E-state index contributed by atoms with van der Waals surface area (Å²) in [6.07, 6.45) is 2.51. The van der Waals surface area contributed by atoms with Gasteiger partial charge in [0.15, 0.2) is 0 Å². The Morgan fingerprint density at radius 1 is 0.755 bits per heavy atom. The van der Waals surface area contributed by atoms with E-state index in [0.717, 1.165) is 11.1 Å². The van der Waals surface area contributed by atoms with E-state index in [0.29, 0.717) is 76.8 Å². The van der Waals surface area contributed by atoms with Crippen LogP contribution in [0.5, 0.6) is 0 Å². The lowest BCUT2D eigenvalue weighted by atomic mass is 9.92. The van der Waals surface area contributed by atoms with Crippen molar-refractivity contribution in [2.75, 3.05) is 52.5 Å². The molecule has 53 heavy (non-hydrogen) atoms. The molecule has 1 aliphatic heterocycles. The van der Waals surface area contributed by atoms with E-state index in [9.17, 15) is 14.4 Å². The van der Waals surface area contributed by atoms with E-state index in [1.165, 1.54) is 11.8 Å². The van der Waals surface area contributed by atoms with Crippen LogP contribution in [-0.4, -0.2) is 105 Å². The molecule has 5 atom stereocenters. The number of rotatable bonds is 27. The van der Waals surface area contributed by atoms with Gasteiger partial charge in [0, 0.05) is 19.3 Å². The first-order chi connectivity index (χ1) is 25.4. The average molecular weight is 755 g/mol. The van der Waals surface area contributed by atoms with Crippen LogP contribution in [0.3, 0.4) is 0 Å². The highest BCUT2D eigenvalue weighted by atomic mass is 32.2. The predicted octanol–water partition coefficient (Wildman–Crippen LogP) is 5.00. The second kappa shape index (κ2) is 23.5. The third kappa shape index (κ3) is 16.7. The zero-order valence-corrected chi connectivity index (χ0v) is 33.3. The number of thioether (sulfide) groups is 1. The van der Waals surface area contributed by atoms with Crippen molar-refractivity contribution in [1.82, 2.24) is 16.0 Å². The minimum atomic E-state index is -0.925. The Kier molecular flexibility index (Phi) is 19.5. The molecule has 1 heterocycles. The van der Waals surface area contributed by atoms with Crippen LogP contribution in [0.4, 0.5) is 0 Å². The van der Waals surface area contributed by atoms with Crippen molar-refractivity contribution in [3.8, 4) is 0 Å². The highest BCUT2D eigenvalue weighted by Crippen LogP contribution is 2.30. The quantitative estimate of drug-likeness (QED) is 0.0566. The third-order valence-electron chi connectivity index (χ3n) is 8.96. The summed E-state index contributed by atoms with van der Waals surface area (Å²) >= 11 is 1.51. The summed E-state index contributed by atoms with van der Waals surface area (Å²) in [5, 5.41) is 17.5. The van der Waals surface area contributed by atoms with Crippen LogP contribution < -0.4 is 16.0 Å². The van der Waals surface area contributed by atoms with Crippen LogP contribution in [0.2, 0.25) is 0 Å². The molecule has 1 saturated heterocycles. The predicted molar refractivity (Wildman–Crippen MR) is 211 cm³/mol. The van der Waals surface area contributed by atoms with Crippen molar-refractivity contribution in [2.45, 2.75) is 95.7 Å². The molecule has 0 radical (unpaired) electrons.